The van der Waals surface area contributed by atoms with E-state index in [1.54, 1.807) is 18.2 Å². The summed E-state index contributed by atoms with van der Waals surface area (Å²) < 4.78 is 10.9. The smallest absolute Gasteiger partial charge is 0.257 e. The molecule has 1 fully saturated rings. The molecular weight excluding hydrogens is 346 g/mol. The number of amides is 2. The van der Waals surface area contributed by atoms with Gasteiger partial charge in [-0.3, -0.25) is 9.59 Å². The Hall–Kier alpha value is -2.64. The molecule has 8 heteroatoms. The third kappa shape index (κ3) is 4.07. The number of primary amides is 1. The summed E-state index contributed by atoms with van der Waals surface area (Å²) in [6, 6.07) is 7.93. The van der Waals surface area contributed by atoms with Gasteiger partial charge in [-0.1, -0.05) is 23.7 Å². The summed E-state index contributed by atoms with van der Waals surface area (Å²) in [6.07, 6.45) is 2.04. The Morgan fingerprint density at radius 3 is 2.84 bits per heavy atom. The van der Waals surface area contributed by atoms with Gasteiger partial charge in [0, 0.05) is 12.6 Å². The number of anilines is 1. The third-order valence-electron chi connectivity index (χ3n) is 3.68. The predicted octanol–water partition coefficient (Wildman–Crippen LogP) is 2.25. The molecular formula is C17H16ClN3O4. The number of para-hydroxylation sites is 1. The molecule has 2 heterocycles. The highest BCUT2D eigenvalue weighted by atomic mass is 35.5. The van der Waals surface area contributed by atoms with E-state index in [0.717, 1.165) is 6.42 Å². The fraction of sp³-hybridized carbons (Fsp3) is 0.235. The highest BCUT2D eigenvalue weighted by molar-refractivity contribution is 6.32. The zero-order valence-corrected chi connectivity index (χ0v) is 14.0. The molecule has 25 heavy (non-hydrogen) atoms. The van der Waals surface area contributed by atoms with E-state index in [1.165, 1.54) is 18.3 Å². The summed E-state index contributed by atoms with van der Waals surface area (Å²) in [4.78, 5) is 27.9. The lowest BCUT2D eigenvalue weighted by Crippen LogP contribution is -2.19. The Labute approximate surface area is 149 Å². The van der Waals surface area contributed by atoms with Crippen molar-refractivity contribution < 1.29 is 19.1 Å². The molecule has 1 aromatic heterocycles. The fourth-order valence-corrected chi connectivity index (χ4v) is 2.61. The molecule has 130 valence electrons. The van der Waals surface area contributed by atoms with Crippen molar-refractivity contribution >= 4 is 29.1 Å². The van der Waals surface area contributed by atoms with Crippen molar-refractivity contribution in [3.8, 4) is 5.88 Å². The van der Waals surface area contributed by atoms with E-state index in [0.29, 0.717) is 18.9 Å². The highest BCUT2D eigenvalue weighted by Crippen LogP contribution is 2.25. The summed E-state index contributed by atoms with van der Waals surface area (Å²) in [5.74, 6) is -0.834. The van der Waals surface area contributed by atoms with E-state index in [9.17, 15) is 9.59 Å². The SMILES string of the molecule is NC(=O)c1ccccc1NC(=O)c1cnc(OC2CCOC2)c(Cl)c1. The minimum atomic E-state index is -0.630. The molecule has 0 aliphatic carbocycles. The van der Waals surface area contributed by atoms with Crippen molar-refractivity contribution in [2.24, 2.45) is 5.73 Å². The van der Waals surface area contributed by atoms with Crippen molar-refractivity contribution in [3.05, 3.63) is 52.7 Å². The number of carbonyl (C=O) groups is 2. The van der Waals surface area contributed by atoms with Crippen LogP contribution in [-0.2, 0) is 4.74 Å². The molecule has 0 bridgehead atoms. The van der Waals surface area contributed by atoms with E-state index in [1.807, 2.05) is 0 Å². The molecule has 2 amide bonds. The first kappa shape index (κ1) is 17.2. The number of nitrogens with two attached hydrogens (primary N) is 1. The predicted molar refractivity (Wildman–Crippen MR) is 92.0 cm³/mol. The summed E-state index contributed by atoms with van der Waals surface area (Å²) in [5.41, 5.74) is 6.07. The van der Waals surface area contributed by atoms with Gasteiger partial charge < -0.3 is 20.5 Å². The van der Waals surface area contributed by atoms with Gasteiger partial charge >= 0.3 is 0 Å². The van der Waals surface area contributed by atoms with E-state index >= 15 is 0 Å². The Morgan fingerprint density at radius 1 is 1.36 bits per heavy atom. The van der Waals surface area contributed by atoms with Crippen LogP contribution in [0, 0.1) is 0 Å². The number of hydrogen-bond donors (Lipinski definition) is 2. The van der Waals surface area contributed by atoms with E-state index in [2.05, 4.69) is 10.3 Å². The van der Waals surface area contributed by atoms with Gasteiger partial charge in [0.05, 0.1) is 30.0 Å². The van der Waals surface area contributed by atoms with Gasteiger partial charge in [-0.05, 0) is 18.2 Å². The zero-order valence-electron chi connectivity index (χ0n) is 13.2. The fourth-order valence-electron chi connectivity index (χ4n) is 2.40. The number of halogens is 1. The lowest BCUT2D eigenvalue weighted by Gasteiger charge is -2.13. The standard InChI is InChI=1S/C17H16ClN3O4/c18-13-7-10(8-20-17(13)25-11-5-6-24-9-11)16(23)21-14-4-2-1-3-12(14)15(19)22/h1-4,7-8,11H,5-6,9H2,(H2,19,22)(H,21,23). The first-order chi connectivity index (χ1) is 12.0. The van der Waals surface area contributed by atoms with Gasteiger partial charge in [-0.15, -0.1) is 0 Å². The second-order valence-corrected chi connectivity index (χ2v) is 5.89. The number of nitrogens with one attached hydrogen (secondary N) is 1. The average Bonchev–Trinajstić information content (AvgIpc) is 3.10. The molecule has 0 spiro atoms. The van der Waals surface area contributed by atoms with Crippen molar-refractivity contribution in [1.29, 1.82) is 0 Å². The highest BCUT2D eigenvalue weighted by Gasteiger charge is 2.20. The molecule has 1 saturated heterocycles. The van der Waals surface area contributed by atoms with Crippen molar-refractivity contribution in [3.63, 3.8) is 0 Å². The van der Waals surface area contributed by atoms with Crippen LogP contribution in [0.3, 0.4) is 0 Å². The Morgan fingerprint density at radius 2 is 2.16 bits per heavy atom. The lowest BCUT2D eigenvalue weighted by atomic mass is 10.1. The second kappa shape index (κ2) is 7.50. The number of ether oxygens (including phenoxy) is 2. The van der Waals surface area contributed by atoms with E-state index in [-0.39, 0.29) is 28.1 Å². The van der Waals surface area contributed by atoms with Crippen LogP contribution >= 0.6 is 11.6 Å². The Kier molecular flexibility index (Phi) is 5.16. The summed E-state index contributed by atoms with van der Waals surface area (Å²) in [6.45, 7) is 1.13. The first-order valence-corrected chi connectivity index (χ1v) is 8.02. The average molecular weight is 362 g/mol. The molecule has 1 atom stereocenters. The Balaban J connectivity index is 1.74. The summed E-state index contributed by atoms with van der Waals surface area (Å²) in [7, 11) is 0. The van der Waals surface area contributed by atoms with Crippen LogP contribution in [0.15, 0.2) is 36.5 Å². The number of pyridine rings is 1. The lowest BCUT2D eigenvalue weighted by molar-refractivity contribution is 0.100. The maximum absolute atomic E-state index is 12.4. The number of hydrogen-bond acceptors (Lipinski definition) is 5. The normalized spacial score (nSPS) is 16.4. The van der Waals surface area contributed by atoms with Crippen LogP contribution in [0.4, 0.5) is 5.69 Å². The topological polar surface area (TPSA) is 104 Å². The molecule has 2 aromatic rings. The van der Waals surface area contributed by atoms with Gasteiger partial charge in [0.25, 0.3) is 11.8 Å². The zero-order chi connectivity index (χ0) is 17.8. The monoisotopic (exact) mass is 361 g/mol. The number of benzene rings is 1. The molecule has 3 N–H and O–H groups in total. The minimum absolute atomic E-state index is 0.0906. The van der Waals surface area contributed by atoms with Gasteiger partial charge in [0.2, 0.25) is 5.88 Å². The largest absolute Gasteiger partial charge is 0.471 e. The number of rotatable bonds is 5. The van der Waals surface area contributed by atoms with Crippen molar-refractivity contribution in [2.45, 2.75) is 12.5 Å². The quantitative estimate of drug-likeness (QED) is 0.850. The van der Waals surface area contributed by atoms with Gasteiger partial charge in [0.15, 0.2) is 0 Å². The van der Waals surface area contributed by atoms with E-state index in [4.69, 9.17) is 26.8 Å². The molecule has 7 nitrogen and oxygen atoms in total. The molecule has 0 saturated carbocycles. The molecule has 1 aliphatic heterocycles. The number of carbonyl (C=O) groups excluding carboxylic acids is 2. The molecule has 1 aromatic carbocycles. The second-order valence-electron chi connectivity index (χ2n) is 5.48. The summed E-state index contributed by atoms with van der Waals surface area (Å²) >= 11 is 6.15. The molecule has 0 radical (unpaired) electrons. The van der Waals surface area contributed by atoms with Gasteiger partial charge in [-0.2, -0.15) is 0 Å². The van der Waals surface area contributed by atoms with Gasteiger partial charge in [0.1, 0.15) is 11.1 Å². The minimum Gasteiger partial charge on any atom is -0.471 e. The maximum Gasteiger partial charge on any atom is 0.257 e. The van der Waals surface area contributed by atoms with Crippen LogP contribution in [0.1, 0.15) is 27.1 Å². The van der Waals surface area contributed by atoms with Gasteiger partial charge in [-0.25, -0.2) is 4.98 Å². The molecule has 3 rings (SSSR count). The Bertz CT molecular complexity index is 806. The van der Waals surface area contributed by atoms with Crippen LogP contribution in [0.5, 0.6) is 5.88 Å². The number of aromatic nitrogens is 1. The van der Waals surface area contributed by atoms with Crippen molar-refractivity contribution in [2.75, 3.05) is 18.5 Å². The third-order valence-corrected chi connectivity index (χ3v) is 3.95. The van der Waals surface area contributed by atoms with Crippen LogP contribution in [0.2, 0.25) is 5.02 Å². The molecule has 1 aliphatic rings. The summed E-state index contributed by atoms with van der Waals surface area (Å²) in [5, 5.41) is 2.85. The first-order valence-electron chi connectivity index (χ1n) is 7.64. The van der Waals surface area contributed by atoms with Crippen LogP contribution in [0.25, 0.3) is 0 Å². The molecule has 1 unspecified atom stereocenters. The number of nitrogens with zero attached hydrogens (tertiary/aromatic N) is 1. The maximum atomic E-state index is 12.4. The van der Waals surface area contributed by atoms with Crippen molar-refractivity contribution in [1.82, 2.24) is 4.98 Å². The van der Waals surface area contributed by atoms with Crippen LogP contribution < -0.4 is 15.8 Å². The van der Waals surface area contributed by atoms with E-state index < -0.39 is 11.8 Å². The van der Waals surface area contributed by atoms with Crippen LogP contribution in [-0.4, -0.2) is 36.1 Å².